The Hall–Kier alpha value is -2.83. The van der Waals surface area contributed by atoms with Crippen LogP contribution in [-0.2, 0) is 13.0 Å². The summed E-state index contributed by atoms with van der Waals surface area (Å²) in [5, 5.41) is 30.0. The fourth-order valence-corrected chi connectivity index (χ4v) is 2.69. The maximum atomic E-state index is 12.2. The Kier molecular flexibility index (Phi) is 9.28. The van der Waals surface area contributed by atoms with Gasteiger partial charge in [-0.25, -0.2) is 0 Å². The molecule has 0 aliphatic rings. The van der Waals surface area contributed by atoms with Crippen molar-refractivity contribution in [2.75, 3.05) is 14.2 Å². The molecule has 2 rings (SSSR count). The molecule has 2 aromatic carbocycles. The largest absolute Gasteiger partial charge is 0.490 e. The molecule has 0 saturated carbocycles. The lowest BCUT2D eigenvalue weighted by Crippen LogP contribution is -2.12. The van der Waals surface area contributed by atoms with Gasteiger partial charge in [0.2, 0.25) is 0 Å². The standard InChI is InChI=1S/C9H7ClF3NO3.C8H8ClNO4/c1-17-8-3-6(10)5(4-9(11,12)13)2-7(8)14(15)16;1-14-8-3-6(9)5(4-11)2-7(8)10(12)13/h2-3H,4H2,1H3;2-3,11H,4H2,1H3. The number of nitro groups is 2. The van der Waals surface area contributed by atoms with E-state index in [0.29, 0.717) is 5.56 Å². The predicted octanol–water partition coefficient (Wildman–Crippen LogP) is 5.11. The molecule has 0 unspecified atom stereocenters. The Labute approximate surface area is 183 Å². The van der Waals surface area contributed by atoms with Crippen molar-refractivity contribution in [1.82, 2.24) is 0 Å². The molecule has 0 aliphatic carbocycles. The normalized spacial score (nSPS) is 10.7. The van der Waals surface area contributed by atoms with Crippen molar-refractivity contribution in [2.24, 2.45) is 0 Å². The average molecular weight is 487 g/mol. The van der Waals surface area contributed by atoms with Crippen LogP contribution in [0.15, 0.2) is 24.3 Å². The van der Waals surface area contributed by atoms with Gasteiger partial charge in [0.25, 0.3) is 0 Å². The third-order valence-electron chi connectivity index (χ3n) is 3.65. The van der Waals surface area contributed by atoms with Gasteiger partial charge in [0, 0.05) is 34.9 Å². The summed E-state index contributed by atoms with van der Waals surface area (Å²) in [5.74, 6) is -0.0943. The van der Waals surface area contributed by atoms with E-state index >= 15 is 0 Å². The van der Waals surface area contributed by atoms with Crippen LogP contribution >= 0.6 is 23.2 Å². The van der Waals surface area contributed by atoms with Gasteiger partial charge in [-0.15, -0.1) is 0 Å². The van der Waals surface area contributed by atoms with Crippen LogP contribution in [0.4, 0.5) is 24.5 Å². The number of halogens is 5. The van der Waals surface area contributed by atoms with Gasteiger partial charge < -0.3 is 14.6 Å². The number of benzene rings is 2. The summed E-state index contributed by atoms with van der Waals surface area (Å²) in [5.41, 5.74) is -0.803. The van der Waals surface area contributed by atoms with E-state index in [2.05, 4.69) is 4.74 Å². The summed E-state index contributed by atoms with van der Waals surface area (Å²) in [6, 6.07) is 4.28. The second kappa shape index (κ2) is 11.0. The fourth-order valence-electron chi connectivity index (χ4n) is 2.26. The van der Waals surface area contributed by atoms with Crippen LogP contribution in [0, 0.1) is 20.2 Å². The Morgan fingerprint density at radius 2 is 1.29 bits per heavy atom. The molecule has 0 bridgehead atoms. The third-order valence-corrected chi connectivity index (χ3v) is 4.35. The Morgan fingerprint density at radius 1 is 0.903 bits per heavy atom. The summed E-state index contributed by atoms with van der Waals surface area (Å²) < 4.78 is 46.0. The van der Waals surface area contributed by atoms with Gasteiger partial charge in [-0.3, -0.25) is 20.2 Å². The van der Waals surface area contributed by atoms with Gasteiger partial charge in [-0.1, -0.05) is 23.2 Å². The molecule has 0 heterocycles. The molecule has 9 nitrogen and oxygen atoms in total. The van der Waals surface area contributed by atoms with E-state index in [9.17, 15) is 33.4 Å². The molecule has 2 aromatic rings. The summed E-state index contributed by atoms with van der Waals surface area (Å²) in [4.78, 5) is 19.8. The molecule has 0 fully saturated rings. The number of nitro benzene ring substituents is 2. The lowest BCUT2D eigenvalue weighted by Gasteiger charge is -2.09. The molecule has 0 spiro atoms. The first-order valence-electron chi connectivity index (χ1n) is 8.03. The van der Waals surface area contributed by atoms with Crippen molar-refractivity contribution in [2.45, 2.75) is 19.2 Å². The molecule has 0 radical (unpaired) electrons. The molecular formula is C17H15Cl2F3N2O7. The van der Waals surface area contributed by atoms with Crippen LogP contribution < -0.4 is 9.47 Å². The van der Waals surface area contributed by atoms with Crippen LogP contribution in [0.2, 0.25) is 10.0 Å². The van der Waals surface area contributed by atoms with Crippen LogP contribution in [0.25, 0.3) is 0 Å². The zero-order valence-electron chi connectivity index (χ0n) is 15.9. The zero-order valence-corrected chi connectivity index (χ0v) is 17.4. The second-order valence-corrected chi connectivity index (χ2v) is 6.51. The van der Waals surface area contributed by atoms with Gasteiger partial charge in [-0.2, -0.15) is 13.2 Å². The fraction of sp³-hybridized carbons (Fsp3) is 0.294. The lowest BCUT2D eigenvalue weighted by molar-refractivity contribution is -0.386. The number of ether oxygens (including phenoxy) is 2. The zero-order chi connectivity index (χ0) is 23.9. The van der Waals surface area contributed by atoms with Crippen molar-refractivity contribution in [3.05, 3.63) is 65.7 Å². The highest BCUT2D eigenvalue weighted by molar-refractivity contribution is 6.32. The van der Waals surface area contributed by atoms with E-state index in [1.165, 1.54) is 26.4 Å². The number of hydrogen-bond donors (Lipinski definition) is 1. The number of aliphatic hydroxyl groups is 1. The minimum absolute atomic E-state index is 0.0807. The van der Waals surface area contributed by atoms with E-state index in [1.54, 1.807) is 0 Å². The maximum Gasteiger partial charge on any atom is 0.393 e. The molecule has 0 amide bonds. The first kappa shape index (κ1) is 26.2. The molecule has 31 heavy (non-hydrogen) atoms. The summed E-state index contributed by atoms with van der Waals surface area (Å²) >= 11 is 11.3. The van der Waals surface area contributed by atoms with Crippen LogP contribution in [0.3, 0.4) is 0 Å². The second-order valence-electron chi connectivity index (χ2n) is 5.70. The summed E-state index contributed by atoms with van der Waals surface area (Å²) in [6.07, 6.45) is -5.80. The van der Waals surface area contributed by atoms with Crippen molar-refractivity contribution >= 4 is 34.6 Å². The van der Waals surface area contributed by atoms with Gasteiger partial charge >= 0.3 is 17.6 Å². The number of methoxy groups -OCH3 is 2. The molecule has 0 atom stereocenters. The highest BCUT2D eigenvalue weighted by atomic mass is 35.5. The van der Waals surface area contributed by atoms with Crippen LogP contribution in [0.1, 0.15) is 11.1 Å². The number of aliphatic hydroxyl groups excluding tert-OH is 1. The number of alkyl halides is 3. The number of rotatable bonds is 6. The molecular weight excluding hydrogens is 472 g/mol. The Balaban J connectivity index is 0.000000316. The monoisotopic (exact) mass is 486 g/mol. The average Bonchev–Trinajstić information content (AvgIpc) is 2.67. The van der Waals surface area contributed by atoms with E-state index in [1.807, 2.05) is 0 Å². The van der Waals surface area contributed by atoms with Crippen LogP contribution in [-0.4, -0.2) is 35.3 Å². The SMILES string of the molecule is COc1cc(Cl)c(CC(F)(F)F)cc1[N+](=O)[O-].COc1cc(Cl)c(CO)cc1[N+](=O)[O-]. The van der Waals surface area contributed by atoms with Crippen LogP contribution in [0.5, 0.6) is 11.5 Å². The molecule has 0 saturated heterocycles. The first-order valence-corrected chi connectivity index (χ1v) is 8.79. The highest BCUT2D eigenvalue weighted by Crippen LogP contribution is 2.36. The van der Waals surface area contributed by atoms with Gasteiger partial charge in [-0.05, 0) is 5.56 Å². The maximum absolute atomic E-state index is 12.2. The van der Waals surface area contributed by atoms with Gasteiger partial charge in [0.05, 0.1) is 42.1 Å². The van der Waals surface area contributed by atoms with Crippen molar-refractivity contribution < 1.29 is 37.6 Å². The number of nitrogens with zero attached hydrogens (tertiary/aromatic N) is 2. The van der Waals surface area contributed by atoms with Crippen molar-refractivity contribution in [1.29, 1.82) is 0 Å². The summed E-state index contributed by atoms with van der Waals surface area (Å²) in [7, 11) is 2.49. The van der Waals surface area contributed by atoms with Crippen molar-refractivity contribution in [3.63, 3.8) is 0 Å². The van der Waals surface area contributed by atoms with Crippen molar-refractivity contribution in [3.8, 4) is 11.5 Å². The smallest absolute Gasteiger partial charge is 0.393 e. The quantitative estimate of drug-likeness (QED) is 0.443. The first-order chi connectivity index (χ1) is 14.3. The molecule has 0 aliphatic heterocycles. The topological polar surface area (TPSA) is 125 Å². The molecule has 1 N–H and O–H groups in total. The predicted molar refractivity (Wildman–Crippen MR) is 105 cm³/mol. The highest BCUT2D eigenvalue weighted by Gasteiger charge is 2.30. The van der Waals surface area contributed by atoms with E-state index in [-0.39, 0.29) is 39.4 Å². The number of hydrogen-bond acceptors (Lipinski definition) is 7. The lowest BCUT2D eigenvalue weighted by atomic mass is 10.1. The minimum atomic E-state index is -4.48. The summed E-state index contributed by atoms with van der Waals surface area (Å²) in [6.45, 7) is -0.344. The van der Waals surface area contributed by atoms with Gasteiger partial charge in [0.15, 0.2) is 11.5 Å². The Bertz CT molecular complexity index is 972. The molecule has 0 aromatic heterocycles. The van der Waals surface area contributed by atoms with E-state index < -0.39 is 28.1 Å². The third kappa shape index (κ3) is 7.42. The minimum Gasteiger partial charge on any atom is -0.490 e. The van der Waals surface area contributed by atoms with Gasteiger partial charge in [0.1, 0.15) is 0 Å². The van der Waals surface area contributed by atoms with E-state index in [0.717, 1.165) is 12.1 Å². The Morgan fingerprint density at radius 3 is 1.61 bits per heavy atom. The molecule has 170 valence electrons. The van der Waals surface area contributed by atoms with E-state index in [4.69, 9.17) is 33.0 Å². The molecule has 14 heteroatoms.